The minimum absolute atomic E-state index is 0.0166. The van der Waals surface area contributed by atoms with Crippen molar-refractivity contribution >= 4 is 0 Å². The highest BCUT2D eigenvalue weighted by atomic mass is 16.7. The van der Waals surface area contributed by atoms with E-state index in [0.717, 1.165) is 12.1 Å². The van der Waals surface area contributed by atoms with Gasteiger partial charge >= 0.3 is 5.79 Å². The molecule has 42 heavy (non-hydrogen) atoms. The largest absolute Gasteiger partial charge is 0.508 e. The molecule has 3 aliphatic rings. The first kappa shape index (κ1) is 25.7. The van der Waals surface area contributed by atoms with E-state index in [-0.39, 0.29) is 57.6 Å². The standard InChI is InChI=1S/C30H24O12/c31-13-7-19(36)24-23(8-13)41-30(12-2-4-16(33)18(35)6-12)29(39)26(24)25-20(37)10-22-14(28(25)42-30)9-21(38)27(40-22)11-1-3-15(32)17(34)5-11/h1-8,10,21,26-27,29,31-39H,9H2/t21-,26-,27+,29-,30+/m1/s1. The van der Waals surface area contributed by atoms with Gasteiger partial charge in [-0.3, -0.25) is 0 Å². The van der Waals surface area contributed by atoms with Gasteiger partial charge in [-0.2, -0.15) is 0 Å². The number of fused-ring (bicyclic) bond motifs is 8. The third-order valence-corrected chi connectivity index (χ3v) is 8.03. The van der Waals surface area contributed by atoms with Gasteiger partial charge in [0, 0.05) is 46.9 Å². The first-order valence-corrected chi connectivity index (χ1v) is 12.9. The van der Waals surface area contributed by atoms with Crippen LogP contribution in [0.15, 0.2) is 54.6 Å². The Kier molecular flexibility index (Phi) is 5.30. The van der Waals surface area contributed by atoms with Crippen LogP contribution in [0.2, 0.25) is 0 Å². The van der Waals surface area contributed by atoms with Crippen LogP contribution >= 0.6 is 0 Å². The van der Waals surface area contributed by atoms with Crippen LogP contribution in [0.5, 0.6) is 57.5 Å². The number of hydrogen-bond donors (Lipinski definition) is 9. The summed E-state index contributed by atoms with van der Waals surface area (Å²) >= 11 is 0. The van der Waals surface area contributed by atoms with Crippen molar-refractivity contribution in [1.29, 1.82) is 0 Å². The summed E-state index contributed by atoms with van der Waals surface area (Å²) in [5.41, 5.74) is 0.813. The number of aliphatic hydroxyl groups excluding tert-OH is 2. The molecule has 3 heterocycles. The molecule has 12 heteroatoms. The molecule has 4 aromatic carbocycles. The molecule has 3 aliphatic heterocycles. The lowest BCUT2D eigenvalue weighted by Crippen LogP contribution is -2.57. The van der Waals surface area contributed by atoms with E-state index in [1.54, 1.807) is 0 Å². The maximum Gasteiger partial charge on any atom is 0.305 e. The van der Waals surface area contributed by atoms with Crippen molar-refractivity contribution in [3.05, 3.63) is 82.4 Å². The van der Waals surface area contributed by atoms with E-state index in [0.29, 0.717) is 11.1 Å². The summed E-state index contributed by atoms with van der Waals surface area (Å²) in [5.74, 6) is -6.17. The quantitative estimate of drug-likeness (QED) is 0.158. The van der Waals surface area contributed by atoms with Crippen molar-refractivity contribution in [3.63, 3.8) is 0 Å². The normalized spacial score (nSPS) is 25.2. The summed E-state index contributed by atoms with van der Waals surface area (Å²) in [4.78, 5) is 0. The molecule has 4 aromatic rings. The minimum Gasteiger partial charge on any atom is -0.508 e. The molecule has 0 spiro atoms. The molecule has 0 radical (unpaired) electrons. The van der Waals surface area contributed by atoms with Gasteiger partial charge in [0.1, 0.15) is 46.7 Å². The molecular formula is C30H24O12. The molecule has 0 amide bonds. The molecule has 9 N–H and O–H groups in total. The van der Waals surface area contributed by atoms with E-state index in [1.807, 2.05) is 0 Å². The van der Waals surface area contributed by atoms with E-state index >= 15 is 0 Å². The lowest BCUT2D eigenvalue weighted by atomic mass is 9.74. The number of hydrogen-bond acceptors (Lipinski definition) is 12. The number of aromatic hydroxyl groups is 7. The molecule has 5 atom stereocenters. The summed E-state index contributed by atoms with van der Waals surface area (Å²) < 4.78 is 18.6. The van der Waals surface area contributed by atoms with Gasteiger partial charge < -0.3 is 60.2 Å². The smallest absolute Gasteiger partial charge is 0.305 e. The maximum absolute atomic E-state index is 11.8. The van der Waals surface area contributed by atoms with Crippen LogP contribution in [-0.4, -0.2) is 58.2 Å². The number of aliphatic hydroxyl groups is 2. The summed E-state index contributed by atoms with van der Waals surface area (Å²) in [6, 6.07) is 11.2. The first-order valence-electron chi connectivity index (χ1n) is 12.9. The van der Waals surface area contributed by atoms with Crippen LogP contribution in [-0.2, 0) is 12.2 Å². The Labute approximate surface area is 236 Å². The Bertz CT molecular complexity index is 1790. The van der Waals surface area contributed by atoms with Crippen LogP contribution in [0.1, 0.15) is 39.8 Å². The molecule has 7 rings (SSSR count). The van der Waals surface area contributed by atoms with Crippen LogP contribution < -0.4 is 14.2 Å². The maximum atomic E-state index is 11.8. The number of phenols is 7. The third-order valence-electron chi connectivity index (χ3n) is 8.03. The van der Waals surface area contributed by atoms with Gasteiger partial charge in [-0.05, 0) is 35.9 Å². The molecule has 0 unspecified atom stereocenters. The molecular weight excluding hydrogens is 552 g/mol. The molecule has 216 valence electrons. The Hall–Kier alpha value is -5.20. The predicted molar refractivity (Wildman–Crippen MR) is 141 cm³/mol. The van der Waals surface area contributed by atoms with Gasteiger partial charge in [-0.1, -0.05) is 6.07 Å². The average molecular weight is 577 g/mol. The molecule has 0 aliphatic carbocycles. The molecule has 0 aromatic heterocycles. The monoisotopic (exact) mass is 576 g/mol. The van der Waals surface area contributed by atoms with Crippen LogP contribution in [0.3, 0.4) is 0 Å². The molecule has 2 bridgehead atoms. The zero-order valence-electron chi connectivity index (χ0n) is 21.5. The van der Waals surface area contributed by atoms with Crippen LogP contribution in [0.25, 0.3) is 0 Å². The molecule has 0 fully saturated rings. The van der Waals surface area contributed by atoms with E-state index in [2.05, 4.69) is 0 Å². The molecule has 12 nitrogen and oxygen atoms in total. The van der Waals surface area contributed by atoms with Crippen LogP contribution in [0, 0.1) is 0 Å². The minimum atomic E-state index is -2.12. The highest BCUT2D eigenvalue weighted by molar-refractivity contribution is 5.68. The SMILES string of the molecule is Oc1cc(O)c2c(c1)O[C@@]1(c3ccc(O)c(O)c3)Oc3c4c(cc(O)c3[C@@H]2[C@H]1O)O[C@@H](c1ccc(O)c(O)c1)[C@H](O)C4. The Balaban J connectivity index is 1.44. The van der Waals surface area contributed by atoms with Crippen molar-refractivity contribution in [1.82, 2.24) is 0 Å². The molecule has 0 saturated carbocycles. The van der Waals surface area contributed by atoms with Gasteiger partial charge in [0.25, 0.3) is 0 Å². The Morgan fingerprint density at radius 1 is 0.643 bits per heavy atom. The van der Waals surface area contributed by atoms with Gasteiger partial charge in [0.05, 0.1) is 12.0 Å². The lowest BCUT2D eigenvalue weighted by Gasteiger charge is -2.50. The fourth-order valence-corrected chi connectivity index (χ4v) is 6.09. The number of ether oxygens (including phenoxy) is 3. The van der Waals surface area contributed by atoms with Gasteiger partial charge in [-0.25, -0.2) is 0 Å². The topological polar surface area (TPSA) is 210 Å². The predicted octanol–water partition coefficient (Wildman–Crippen LogP) is 2.79. The fourth-order valence-electron chi connectivity index (χ4n) is 6.09. The number of phenolic OH excluding ortho intramolecular Hbond substituents is 7. The lowest BCUT2D eigenvalue weighted by molar-refractivity contribution is -0.219. The number of benzene rings is 4. The van der Waals surface area contributed by atoms with Crippen molar-refractivity contribution in [2.45, 2.75) is 36.4 Å². The van der Waals surface area contributed by atoms with Crippen molar-refractivity contribution in [3.8, 4) is 57.5 Å². The second kappa shape index (κ2) is 8.65. The van der Waals surface area contributed by atoms with Gasteiger partial charge in [-0.15, -0.1) is 0 Å². The Morgan fingerprint density at radius 3 is 2.05 bits per heavy atom. The van der Waals surface area contributed by atoms with Crippen molar-refractivity contribution in [2.75, 3.05) is 0 Å². The summed E-state index contributed by atoms with van der Waals surface area (Å²) in [6.45, 7) is 0. The van der Waals surface area contributed by atoms with E-state index < -0.39 is 53.0 Å². The molecule has 0 saturated heterocycles. The van der Waals surface area contributed by atoms with E-state index in [9.17, 15) is 46.0 Å². The number of rotatable bonds is 2. The summed E-state index contributed by atoms with van der Waals surface area (Å²) in [6.07, 6.45) is -3.92. The third kappa shape index (κ3) is 3.49. The van der Waals surface area contributed by atoms with Crippen molar-refractivity contribution in [2.24, 2.45) is 0 Å². The zero-order chi connectivity index (χ0) is 29.7. The highest BCUT2D eigenvalue weighted by Crippen LogP contribution is 2.62. The summed E-state index contributed by atoms with van der Waals surface area (Å²) in [7, 11) is 0. The second-order valence-electron chi connectivity index (χ2n) is 10.5. The zero-order valence-corrected chi connectivity index (χ0v) is 21.5. The average Bonchev–Trinajstić information content (AvgIpc) is 2.92. The van der Waals surface area contributed by atoms with Crippen molar-refractivity contribution < 1.29 is 60.2 Å². The summed E-state index contributed by atoms with van der Waals surface area (Å²) in [5, 5.41) is 95.1. The van der Waals surface area contributed by atoms with Gasteiger partial charge in [0.2, 0.25) is 0 Å². The fraction of sp³-hybridized carbons (Fsp3) is 0.200. The second-order valence-corrected chi connectivity index (χ2v) is 10.5. The van der Waals surface area contributed by atoms with E-state index in [4.69, 9.17) is 14.2 Å². The van der Waals surface area contributed by atoms with Gasteiger partial charge in [0.15, 0.2) is 23.0 Å². The van der Waals surface area contributed by atoms with Crippen LogP contribution in [0.4, 0.5) is 0 Å². The Morgan fingerprint density at radius 2 is 1.33 bits per heavy atom. The first-order chi connectivity index (χ1) is 20.0. The van der Waals surface area contributed by atoms with E-state index in [1.165, 1.54) is 42.5 Å². The highest BCUT2D eigenvalue weighted by Gasteiger charge is 2.60.